The number of nitrogens with one attached hydrogen (secondary N) is 1. The molecule has 1 aromatic rings. The van der Waals surface area contributed by atoms with E-state index in [0.29, 0.717) is 23.4 Å². The van der Waals surface area contributed by atoms with E-state index in [0.717, 1.165) is 0 Å². The summed E-state index contributed by atoms with van der Waals surface area (Å²) in [5.74, 6) is 0.647. The van der Waals surface area contributed by atoms with E-state index in [9.17, 15) is 9.59 Å². The molecule has 0 saturated heterocycles. The summed E-state index contributed by atoms with van der Waals surface area (Å²) in [5.41, 5.74) is 0.542. The molecule has 0 amide bonds. The lowest BCUT2D eigenvalue weighted by Crippen LogP contribution is -2.37. The first kappa shape index (κ1) is 13.1. The molecule has 16 heavy (non-hydrogen) atoms. The normalized spacial score (nSPS) is 11.8. The van der Waals surface area contributed by atoms with Crippen LogP contribution in [0.2, 0.25) is 0 Å². The molecule has 0 fully saturated rings. The minimum absolute atomic E-state index is 0.127. The maximum absolute atomic E-state index is 11.9. The topological polar surface area (TPSA) is 54.9 Å². The van der Waals surface area contributed by atoms with Gasteiger partial charge in [0.05, 0.1) is 0 Å². The highest BCUT2D eigenvalue weighted by atomic mass is 32.1. The second-order valence-electron chi connectivity index (χ2n) is 4.90. The largest absolute Gasteiger partial charge is 0.268 e. The molecule has 1 N–H and O–H groups in total. The number of hydrogen-bond donors (Lipinski definition) is 2. The zero-order chi connectivity index (χ0) is 12.5. The highest BCUT2D eigenvalue weighted by Gasteiger charge is 2.18. The minimum Gasteiger partial charge on any atom is -0.268 e. The van der Waals surface area contributed by atoms with Gasteiger partial charge >= 0.3 is 0 Å². The molecular weight excluding hydrogens is 224 g/mol. The van der Waals surface area contributed by atoms with E-state index in [1.807, 2.05) is 13.8 Å². The van der Waals surface area contributed by atoms with Crippen LogP contribution in [0.15, 0.2) is 9.59 Å². The Hall–Kier alpha value is -0.970. The van der Waals surface area contributed by atoms with Crippen LogP contribution in [0.25, 0.3) is 0 Å². The van der Waals surface area contributed by atoms with Crippen molar-refractivity contribution in [3.63, 3.8) is 0 Å². The number of nitrogens with zero attached hydrogens (tertiary/aromatic N) is 1. The molecule has 90 valence electrons. The van der Waals surface area contributed by atoms with Crippen LogP contribution in [0.5, 0.6) is 0 Å². The van der Waals surface area contributed by atoms with E-state index in [-0.39, 0.29) is 16.5 Å². The first-order valence-corrected chi connectivity index (χ1v) is 5.83. The smallest absolute Gasteiger partial charge is 0.268 e. The van der Waals surface area contributed by atoms with E-state index >= 15 is 0 Å². The fraction of sp³-hybridized carbons (Fsp3) is 0.636. The Bertz CT molecular complexity index is 500. The number of aromatic amines is 1. The lowest BCUT2D eigenvalue weighted by Gasteiger charge is -2.23. The van der Waals surface area contributed by atoms with Gasteiger partial charge in [0, 0.05) is 17.7 Å². The summed E-state index contributed by atoms with van der Waals surface area (Å²) in [7, 11) is 0. The van der Waals surface area contributed by atoms with Crippen molar-refractivity contribution in [2.45, 2.75) is 34.2 Å². The van der Waals surface area contributed by atoms with E-state index in [4.69, 9.17) is 0 Å². The Morgan fingerprint density at radius 3 is 2.31 bits per heavy atom. The van der Waals surface area contributed by atoms with Crippen molar-refractivity contribution in [3.8, 4) is 0 Å². The highest BCUT2D eigenvalue weighted by molar-refractivity contribution is 7.80. The monoisotopic (exact) mass is 242 g/mol. The molecule has 0 unspecified atom stereocenters. The van der Waals surface area contributed by atoms with Crippen molar-refractivity contribution in [3.05, 3.63) is 31.8 Å². The zero-order valence-corrected chi connectivity index (χ0v) is 11.0. The van der Waals surface area contributed by atoms with Gasteiger partial charge in [0.1, 0.15) is 0 Å². The van der Waals surface area contributed by atoms with Gasteiger partial charge in [-0.2, -0.15) is 12.6 Å². The maximum Gasteiger partial charge on any atom is 0.268 e. The van der Waals surface area contributed by atoms with Gasteiger partial charge in [-0.25, -0.2) is 4.68 Å². The van der Waals surface area contributed by atoms with E-state index in [1.54, 1.807) is 13.8 Å². The first-order valence-electron chi connectivity index (χ1n) is 5.20. The van der Waals surface area contributed by atoms with Gasteiger partial charge in [-0.15, -0.1) is 0 Å². The number of hydrogen-bond acceptors (Lipinski definition) is 3. The standard InChI is InChI=1S/C11H18N2O2S/c1-7-8(2)10(15)13(12-9(7)14)5-11(3,4)6-16/h16H,5-6H2,1-4H3,(H,12,14). The van der Waals surface area contributed by atoms with Crippen LogP contribution in [-0.4, -0.2) is 15.5 Å². The van der Waals surface area contributed by atoms with Gasteiger partial charge in [0.25, 0.3) is 11.1 Å². The summed E-state index contributed by atoms with van der Waals surface area (Å²) in [5, 5.41) is 2.59. The van der Waals surface area contributed by atoms with Crippen LogP contribution in [0.3, 0.4) is 0 Å². The van der Waals surface area contributed by atoms with Gasteiger partial charge in [-0.1, -0.05) is 13.8 Å². The molecule has 0 spiro atoms. The fourth-order valence-corrected chi connectivity index (χ4v) is 1.48. The van der Waals surface area contributed by atoms with E-state index in [2.05, 4.69) is 17.7 Å². The Labute approximate surface area is 100 Å². The molecule has 0 radical (unpaired) electrons. The molecule has 1 rings (SSSR count). The molecule has 0 bridgehead atoms. The molecule has 1 aromatic heterocycles. The molecule has 4 nitrogen and oxygen atoms in total. The second-order valence-corrected chi connectivity index (χ2v) is 5.22. The summed E-state index contributed by atoms with van der Waals surface area (Å²) < 4.78 is 1.38. The predicted molar refractivity (Wildman–Crippen MR) is 68.4 cm³/mol. The first-order chi connectivity index (χ1) is 7.28. The van der Waals surface area contributed by atoms with E-state index in [1.165, 1.54) is 4.68 Å². The molecule has 5 heteroatoms. The summed E-state index contributed by atoms with van der Waals surface area (Å²) in [6.07, 6.45) is 0. The molecule has 0 aliphatic heterocycles. The van der Waals surface area contributed by atoms with Crippen molar-refractivity contribution in [2.24, 2.45) is 5.41 Å². The van der Waals surface area contributed by atoms with Crippen molar-refractivity contribution < 1.29 is 0 Å². The van der Waals surface area contributed by atoms with Crippen LogP contribution in [0.1, 0.15) is 25.0 Å². The van der Waals surface area contributed by atoms with Crippen molar-refractivity contribution in [1.82, 2.24) is 9.78 Å². The van der Waals surface area contributed by atoms with Crippen molar-refractivity contribution in [1.29, 1.82) is 0 Å². The number of thiol groups is 1. The van der Waals surface area contributed by atoms with Crippen LogP contribution in [-0.2, 0) is 6.54 Å². The highest BCUT2D eigenvalue weighted by Crippen LogP contribution is 2.17. The number of aromatic nitrogens is 2. The summed E-state index contributed by atoms with van der Waals surface area (Å²) in [6, 6.07) is 0. The molecular formula is C11H18N2O2S. The molecule has 0 aromatic carbocycles. The molecule has 0 aliphatic rings. The van der Waals surface area contributed by atoms with Gasteiger partial charge in [0.15, 0.2) is 0 Å². The van der Waals surface area contributed by atoms with Gasteiger partial charge in [-0.3, -0.25) is 14.7 Å². The third kappa shape index (κ3) is 2.58. The third-order valence-electron chi connectivity index (χ3n) is 2.72. The number of rotatable bonds is 3. The molecule has 0 saturated carbocycles. The third-order valence-corrected chi connectivity index (χ3v) is 3.58. The van der Waals surface area contributed by atoms with Crippen molar-refractivity contribution >= 4 is 12.6 Å². The summed E-state index contributed by atoms with van der Waals surface area (Å²) >= 11 is 4.23. The Kier molecular flexibility index (Phi) is 3.68. The van der Waals surface area contributed by atoms with Gasteiger partial charge < -0.3 is 0 Å². The van der Waals surface area contributed by atoms with Crippen LogP contribution in [0, 0.1) is 19.3 Å². The van der Waals surface area contributed by atoms with Crippen LogP contribution in [0.4, 0.5) is 0 Å². The zero-order valence-electron chi connectivity index (χ0n) is 10.1. The summed E-state index contributed by atoms with van der Waals surface area (Å²) in [6.45, 7) is 7.80. The Morgan fingerprint density at radius 2 is 1.81 bits per heavy atom. The molecule has 0 aliphatic carbocycles. The van der Waals surface area contributed by atoms with Crippen LogP contribution < -0.4 is 11.1 Å². The predicted octanol–water partition coefficient (Wildman–Crippen LogP) is 1.11. The maximum atomic E-state index is 11.9. The quantitative estimate of drug-likeness (QED) is 0.780. The lowest BCUT2D eigenvalue weighted by molar-refractivity contribution is 0.322. The van der Waals surface area contributed by atoms with Gasteiger partial charge in [-0.05, 0) is 25.0 Å². The second kappa shape index (κ2) is 4.49. The van der Waals surface area contributed by atoms with Gasteiger partial charge in [0.2, 0.25) is 0 Å². The Morgan fingerprint density at radius 1 is 1.25 bits per heavy atom. The number of H-pyrrole nitrogens is 1. The summed E-state index contributed by atoms with van der Waals surface area (Å²) in [4.78, 5) is 23.5. The lowest BCUT2D eigenvalue weighted by atomic mass is 9.96. The minimum atomic E-state index is -0.202. The Balaban J connectivity index is 3.28. The molecule has 1 heterocycles. The average molecular weight is 242 g/mol. The van der Waals surface area contributed by atoms with Crippen LogP contribution >= 0.6 is 12.6 Å². The van der Waals surface area contributed by atoms with E-state index < -0.39 is 0 Å². The molecule has 0 atom stereocenters. The average Bonchev–Trinajstić information content (AvgIpc) is 2.22. The SMILES string of the molecule is Cc1c(C)c(=O)n(CC(C)(C)CS)[nH]c1=O. The fourth-order valence-electron chi connectivity index (χ4n) is 1.38. The van der Waals surface area contributed by atoms with Crippen molar-refractivity contribution in [2.75, 3.05) is 5.75 Å².